The maximum absolute atomic E-state index is 12.3. The van der Waals surface area contributed by atoms with Gasteiger partial charge in [0.15, 0.2) is 0 Å². The molecule has 1 aromatic rings. The Morgan fingerprint density at radius 1 is 1.03 bits per heavy atom. The highest BCUT2D eigenvalue weighted by molar-refractivity contribution is 5.98. The van der Waals surface area contributed by atoms with Crippen LogP contribution in [0.3, 0.4) is 0 Å². The molecule has 1 aromatic carbocycles. The van der Waals surface area contributed by atoms with E-state index in [4.69, 9.17) is 10.5 Å². The van der Waals surface area contributed by atoms with Gasteiger partial charge >= 0.3 is 0 Å². The molecule has 2 aliphatic heterocycles. The SMILES string of the molecule is CC(=O)N1CCN(C2(c3ccc(C(N)=O)c(C4=CCC(C)(C)CC4)c3)CCOCC2)CC1. The number of nitrogens with zero attached hydrogens (tertiary/aromatic N) is 2. The quantitative estimate of drug-likeness (QED) is 0.778. The van der Waals surface area contributed by atoms with Crippen molar-refractivity contribution in [1.82, 2.24) is 9.80 Å². The third kappa shape index (κ3) is 4.48. The van der Waals surface area contributed by atoms with Crippen molar-refractivity contribution in [3.63, 3.8) is 0 Å². The molecule has 2 amide bonds. The number of benzene rings is 1. The minimum Gasteiger partial charge on any atom is -0.381 e. The van der Waals surface area contributed by atoms with Crippen molar-refractivity contribution in [1.29, 1.82) is 0 Å². The molecule has 1 aliphatic carbocycles. The fourth-order valence-electron chi connectivity index (χ4n) is 5.58. The second-order valence-electron chi connectivity index (χ2n) is 10.4. The molecule has 2 saturated heterocycles. The van der Waals surface area contributed by atoms with E-state index in [-0.39, 0.29) is 17.4 Å². The maximum Gasteiger partial charge on any atom is 0.249 e. The molecular formula is C26H37N3O3. The molecule has 0 aromatic heterocycles. The smallest absolute Gasteiger partial charge is 0.249 e. The molecule has 32 heavy (non-hydrogen) atoms. The van der Waals surface area contributed by atoms with Gasteiger partial charge in [0.1, 0.15) is 0 Å². The average molecular weight is 440 g/mol. The van der Waals surface area contributed by atoms with Crippen molar-refractivity contribution in [2.45, 2.75) is 58.4 Å². The summed E-state index contributed by atoms with van der Waals surface area (Å²) in [6.45, 7) is 10.9. The fraction of sp³-hybridized carbons (Fsp3) is 0.615. The predicted molar refractivity (Wildman–Crippen MR) is 126 cm³/mol. The number of primary amides is 1. The molecule has 6 nitrogen and oxygen atoms in total. The van der Waals surface area contributed by atoms with Crippen LogP contribution in [0.5, 0.6) is 0 Å². The molecular weight excluding hydrogens is 402 g/mol. The summed E-state index contributed by atoms with van der Waals surface area (Å²) in [6.07, 6.45) is 7.20. The summed E-state index contributed by atoms with van der Waals surface area (Å²) in [5.74, 6) is -0.223. The summed E-state index contributed by atoms with van der Waals surface area (Å²) in [5.41, 5.74) is 10.0. The van der Waals surface area contributed by atoms with E-state index in [1.165, 1.54) is 11.1 Å². The van der Waals surface area contributed by atoms with E-state index in [1.807, 2.05) is 11.0 Å². The van der Waals surface area contributed by atoms with E-state index in [2.05, 4.69) is 37.0 Å². The van der Waals surface area contributed by atoms with E-state index in [0.29, 0.717) is 11.0 Å². The Kier molecular flexibility index (Phi) is 6.46. The van der Waals surface area contributed by atoms with Gasteiger partial charge in [0.05, 0.1) is 5.54 Å². The zero-order valence-electron chi connectivity index (χ0n) is 19.8. The van der Waals surface area contributed by atoms with E-state index in [0.717, 1.165) is 77.1 Å². The Bertz CT molecular complexity index is 907. The van der Waals surface area contributed by atoms with Crippen molar-refractivity contribution in [3.8, 4) is 0 Å². The molecule has 4 rings (SSSR count). The van der Waals surface area contributed by atoms with Crippen LogP contribution in [0.25, 0.3) is 5.57 Å². The summed E-state index contributed by atoms with van der Waals surface area (Å²) in [7, 11) is 0. The lowest BCUT2D eigenvalue weighted by molar-refractivity contribution is -0.132. The lowest BCUT2D eigenvalue weighted by atomic mass is 9.74. The molecule has 0 saturated carbocycles. The van der Waals surface area contributed by atoms with Gasteiger partial charge in [-0.25, -0.2) is 0 Å². The van der Waals surface area contributed by atoms with Crippen LogP contribution < -0.4 is 5.73 Å². The van der Waals surface area contributed by atoms with Crippen LogP contribution in [-0.4, -0.2) is 61.0 Å². The average Bonchev–Trinajstić information content (AvgIpc) is 2.79. The van der Waals surface area contributed by atoms with Crippen molar-refractivity contribution >= 4 is 17.4 Å². The Balaban J connectivity index is 1.72. The van der Waals surface area contributed by atoms with Crippen LogP contribution in [-0.2, 0) is 15.1 Å². The second kappa shape index (κ2) is 8.99. The van der Waals surface area contributed by atoms with Crippen LogP contribution in [0, 0.1) is 5.41 Å². The number of piperazine rings is 1. The summed E-state index contributed by atoms with van der Waals surface area (Å²) >= 11 is 0. The summed E-state index contributed by atoms with van der Waals surface area (Å²) in [4.78, 5) is 28.6. The first kappa shape index (κ1) is 23.0. The Morgan fingerprint density at radius 2 is 1.72 bits per heavy atom. The predicted octanol–water partition coefficient (Wildman–Crippen LogP) is 3.55. The lowest BCUT2D eigenvalue weighted by Gasteiger charge is -2.50. The third-order valence-corrected chi connectivity index (χ3v) is 7.79. The summed E-state index contributed by atoms with van der Waals surface area (Å²) in [6, 6.07) is 6.25. The van der Waals surface area contributed by atoms with Gasteiger partial charge in [-0.15, -0.1) is 0 Å². The van der Waals surface area contributed by atoms with E-state index < -0.39 is 0 Å². The standard InChI is InChI=1S/C26H37N3O3/c1-19(30)28-12-14-29(15-13-28)26(10-16-32-17-11-26)21-4-5-22(24(27)31)23(18-21)20-6-8-25(2,3)9-7-20/h4-6,18H,7-17H2,1-3H3,(H2,27,31). The highest BCUT2D eigenvalue weighted by Gasteiger charge is 2.42. The zero-order chi connectivity index (χ0) is 22.9. The molecule has 6 heteroatoms. The summed E-state index contributed by atoms with van der Waals surface area (Å²) in [5, 5.41) is 0. The number of amides is 2. The largest absolute Gasteiger partial charge is 0.381 e. The number of ether oxygens (including phenoxy) is 1. The second-order valence-corrected chi connectivity index (χ2v) is 10.4. The van der Waals surface area contributed by atoms with Crippen LogP contribution >= 0.6 is 0 Å². The van der Waals surface area contributed by atoms with Crippen LogP contribution in [0.1, 0.15) is 74.4 Å². The number of carbonyl (C=O) groups is 2. The molecule has 2 heterocycles. The first-order chi connectivity index (χ1) is 15.2. The minimum absolute atomic E-state index is 0.138. The molecule has 0 bridgehead atoms. The molecule has 3 aliphatic rings. The number of carbonyl (C=O) groups excluding carboxylic acids is 2. The first-order valence-electron chi connectivity index (χ1n) is 11.9. The Hall–Kier alpha value is -2.18. The van der Waals surface area contributed by atoms with Crippen LogP contribution in [0.2, 0.25) is 0 Å². The highest BCUT2D eigenvalue weighted by Crippen LogP contribution is 2.43. The summed E-state index contributed by atoms with van der Waals surface area (Å²) < 4.78 is 5.75. The monoisotopic (exact) mass is 439 g/mol. The van der Waals surface area contributed by atoms with E-state index >= 15 is 0 Å². The number of hydrogen-bond acceptors (Lipinski definition) is 4. The van der Waals surface area contributed by atoms with Crippen molar-refractivity contribution in [3.05, 3.63) is 41.0 Å². The van der Waals surface area contributed by atoms with Gasteiger partial charge in [-0.2, -0.15) is 0 Å². The van der Waals surface area contributed by atoms with Crippen LogP contribution in [0.15, 0.2) is 24.3 Å². The van der Waals surface area contributed by atoms with Crippen LogP contribution in [0.4, 0.5) is 0 Å². The highest BCUT2D eigenvalue weighted by atomic mass is 16.5. The van der Waals surface area contributed by atoms with Crippen molar-refractivity contribution in [2.24, 2.45) is 11.1 Å². The van der Waals surface area contributed by atoms with Gasteiger partial charge in [0, 0.05) is 51.9 Å². The maximum atomic E-state index is 12.3. The van der Waals surface area contributed by atoms with Gasteiger partial charge < -0.3 is 15.4 Å². The molecule has 0 spiro atoms. The normalized spacial score (nSPS) is 23.5. The molecule has 2 fully saturated rings. The van der Waals surface area contributed by atoms with Crippen molar-refractivity contribution in [2.75, 3.05) is 39.4 Å². The minimum atomic E-state index is -0.367. The molecule has 0 radical (unpaired) electrons. The number of allylic oxidation sites excluding steroid dienone is 2. The number of nitrogens with two attached hydrogens (primary N) is 1. The fourth-order valence-corrected chi connectivity index (χ4v) is 5.58. The van der Waals surface area contributed by atoms with E-state index in [9.17, 15) is 9.59 Å². The van der Waals surface area contributed by atoms with Gasteiger partial charge in [-0.3, -0.25) is 14.5 Å². The van der Waals surface area contributed by atoms with E-state index in [1.54, 1.807) is 6.92 Å². The number of rotatable bonds is 4. The Morgan fingerprint density at radius 3 is 2.28 bits per heavy atom. The zero-order valence-corrected chi connectivity index (χ0v) is 19.8. The molecule has 2 N–H and O–H groups in total. The molecule has 0 unspecified atom stereocenters. The van der Waals surface area contributed by atoms with Crippen molar-refractivity contribution < 1.29 is 14.3 Å². The Labute approximate surface area is 191 Å². The lowest BCUT2D eigenvalue weighted by Crippen LogP contribution is -2.58. The van der Waals surface area contributed by atoms with Gasteiger partial charge in [-0.05, 0) is 66.4 Å². The molecule has 0 atom stereocenters. The molecule has 174 valence electrons. The first-order valence-corrected chi connectivity index (χ1v) is 11.9. The van der Waals surface area contributed by atoms with Gasteiger partial charge in [-0.1, -0.05) is 26.0 Å². The third-order valence-electron chi connectivity index (χ3n) is 7.79. The topological polar surface area (TPSA) is 75.9 Å². The van der Waals surface area contributed by atoms with Gasteiger partial charge in [0.25, 0.3) is 0 Å². The van der Waals surface area contributed by atoms with Gasteiger partial charge in [0.2, 0.25) is 11.8 Å². The number of hydrogen-bond donors (Lipinski definition) is 1.